The Morgan fingerprint density at radius 1 is 1.24 bits per heavy atom. The zero-order valence-electron chi connectivity index (χ0n) is 11.2. The van der Waals surface area contributed by atoms with Crippen LogP contribution in [0.25, 0.3) is 0 Å². The van der Waals surface area contributed by atoms with E-state index < -0.39 is 5.97 Å². The highest BCUT2D eigenvalue weighted by atomic mass is 35.5. The second kappa shape index (κ2) is 5.69. The van der Waals surface area contributed by atoms with Crippen LogP contribution in [0.4, 0.5) is 5.82 Å². The van der Waals surface area contributed by atoms with E-state index in [9.17, 15) is 4.79 Å². The van der Waals surface area contributed by atoms with Gasteiger partial charge in [0, 0.05) is 24.0 Å². The van der Waals surface area contributed by atoms with Crippen molar-refractivity contribution in [2.24, 2.45) is 0 Å². The summed E-state index contributed by atoms with van der Waals surface area (Å²) in [5, 5.41) is 9.57. The summed E-state index contributed by atoms with van der Waals surface area (Å²) in [6.45, 7) is 1.73. The van der Waals surface area contributed by atoms with Crippen LogP contribution in [0.3, 0.4) is 0 Å². The molecule has 21 heavy (non-hydrogen) atoms. The Morgan fingerprint density at radius 2 is 2.00 bits per heavy atom. The van der Waals surface area contributed by atoms with Gasteiger partial charge in [-0.1, -0.05) is 23.7 Å². The lowest BCUT2D eigenvalue weighted by molar-refractivity contribution is 0.0690. The molecule has 1 aromatic heterocycles. The Balaban J connectivity index is 1.71. The molecule has 1 fully saturated rings. The van der Waals surface area contributed by atoms with Crippen LogP contribution in [0.5, 0.6) is 0 Å². The SMILES string of the molecule is O=C(O)c1cnc(N2CCC(c3ccc(Cl)cc3)C2)cn1. The van der Waals surface area contributed by atoms with Crippen molar-refractivity contribution in [3.05, 3.63) is 52.9 Å². The largest absolute Gasteiger partial charge is 0.476 e. The van der Waals surface area contributed by atoms with Gasteiger partial charge in [-0.05, 0) is 24.1 Å². The number of rotatable bonds is 3. The molecule has 0 aliphatic carbocycles. The number of aromatic nitrogens is 2. The zero-order valence-corrected chi connectivity index (χ0v) is 12.0. The van der Waals surface area contributed by atoms with Crippen molar-refractivity contribution < 1.29 is 9.90 Å². The minimum Gasteiger partial charge on any atom is -0.476 e. The highest BCUT2D eigenvalue weighted by Crippen LogP contribution is 2.30. The first kappa shape index (κ1) is 13.8. The number of hydrogen-bond donors (Lipinski definition) is 1. The second-order valence-electron chi connectivity index (χ2n) is 5.05. The molecule has 108 valence electrons. The fourth-order valence-corrected chi connectivity index (χ4v) is 2.70. The van der Waals surface area contributed by atoms with Crippen molar-refractivity contribution in [2.45, 2.75) is 12.3 Å². The van der Waals surface area contributed by atoms with Gasteiger partial charge in [-0.2, -0.15) is 0 Å². The molecule has 1 aromatic carbocycles. The topological polar surface area (TPSA) is 66.3 Å². The van der Waals surface area contributed by atoms with Gasteiger partial charge in [0.05, 0.1) is 12.4 Å². The molecule has 6 heteroatoms. The number of anilines is 1. The van der Waals surface area contributed by atoms with Gasteiger partial charge in [0.15, 0.2) is 5.69 Å². The lowest BCUT2D eigenvalue weighted by Gasteiger charge is -2.17. The Morgan fingerprint density at radius 3 is 2.62 bits per heavy atom. The Kier molecular flexibility index (Phi) is 3.75. The van der Waals surface area contributed by atoms with E-state index >= 15 is 0 Å². The molecule has 3 rings (SSSR count). The van der Waals surface area contributed by atoms with Crippen LogP contribution in [-0.4, -0.2) is 34.1 Å². The first-order chi connectivity index (χ1) is 10.1. The van der Waals surface area contributed by atoms with E-state index in [-0.39, 0.29) is 5.69 Å². The Hall–Kier alpha value is -2.14. The van der Waals surface area contributed by atoms with Crippen LogP contribution >= 0.6 is 11.6 Å². The molecule has 0 saturated carbocycles. The summed E-state index contributed by atoms with van der Waals surface area (Å²) in [6.07, 6.45) is 3.85. The van der Waals surface area contributed by atoms with Crippen molar-refractivity contribution in [3.8, 4) is 0 Å². The van der Waals surface area contributed by atoms with Crippen LogP contribution in [0.2, 0.25) is 5.02 Å². The minimum absolute atomic E-state index is 0.0350. The molecule has 1 atom stereocenters. The van der Waals surface area contributed by atoms with Crippen molar-refractivity contribution >= 4 is 23.4 Å². The van der Waals surface area contributed by atoms with E-state index in [0.29, 0.717) is 5.92 Å². The van der Waals surface area contributed by atoms with E-state index in [1.165, 1.54) is 18.0 Å². The summed E-state index contributed by atoms with van der Waals surface area (Å²) < 4.78 is 0. The van der Waals surface area contributed by atoms with Gasteiger partial charge in [-0.25, -0.2) is 14.8 Å². The van der Waals surface area contributed by atoms with Gasteiger partial charge in [-0.3, -0.25) is 0 Å². The summed E-state index contributed by atoms with van der Waals surface area (Å²) in [4.78, 5) is 21.0. The van der Waals surface area contributed by atoms with E-state index in [1.807, 2.05) is 12.1 Å². The predicted octanol–water partition coefficient (Wildman–Crippen LogP) is 2.82. The fraction of sp³-hybridized carbons (Fsp3) is 0.267. The summed E-state index contributed by atoms with van der Waals surface area (Å²) >= 11 is 5.91. The normalized spacial score (nSPS) is 18.0. The molecule has 5 nitrogen and oxygen atoms in total. The lowest BCUT2D eigenvalue weighted by Crippen LogP contribution is -2.21. The summed E-state index contributed by atoms with van der Waals surface area (Å²) in [6, 6.07) is 7.91. The van der Waals surface area contributed by atoms with E-state index in [4.69, 9.17) is 16.7 Å². The number of hydrogen-bond acceptors (Lipinski definition) is 4. The number of nitrogens with zero attached hydrogens (tertiary/aromatic N) is 3. The first-order valence-corrected chi connectivity index (χ1v) is 7.07. The molecule has 0 bridgehead atoms. The molecular formula is C15H14ClN3O2. The number of aromatic carboxylic acids is 1. The van der Waals surface area contributed by atoms with E-state index in [0.717, 1.165) is 30.4 Å². The highest BCUT2D eigenvalue weighted by molar-refractivity contribution is 6.30. The van der Waals surface area contributed by atoms with Gasteiger partial charge in [-0.15, -0.1) is 0 Å². The van der Waals surface area contributed by atoms with Crippen LogP contribution in [0.15, 0.2) is 36.7 Å². The molecule has 0 radical (unpaired) electrons. The zero-order chi connectivity index (χ0) is 14.8. The number of halogens is 1. The maximum Gasteiger partial charge on any atom is 0.356 e. The Labute approximate surface area is 127 Å². The summed E-state index contributed by atoms with van der Waals surface area (Å²) in [7, 11) is 0. The average molecular weight is 304 g/mol. The third-order valence-corrected chi connectivity index (χ3v) is 3.96. The molecule has 1 unspecified atom stereocenters. The van der Waals surface area contributed by atoms with Gasteiger partial charge >= 0.3 is 5.97 Å². The first-order valence-electron chi connectivity index (χ1n) is 6.69. The van der Waals surface area contributed by atoms with Crippen LogP contribution in [-0.2, 0) is 0 Å². The number of carboxylic acid groups (broad SMARTS) is 1. The summed E-state index contributed by atoms with van der Waals surface area (Å²) in [5.41, 5.74) is 1.23. The summed E-state index contributed by atoms with van der Waals surface area (Å²) in [5.74, 6) is 0.0918. The molecule has 1 aliphatic heterocycles. The van der Waals surface area contributed by atoms with Gasteiger partial charge in [0.2, 0.25) is 0 Å². The van der Waals surface area contributed by atoms with Crippen molar-refractivity contribution in [1.82, 2.24) is 9.97 Å². The van der Waals surface area contributed by atoms with Gasteiger partial charge in [0.25, 0.3) is 0 Å². The van der Waals surface area contributed by atoms with Gasteiger partial charge < -0.3 is 10.0 Å². The highest BCUT2D eigenvalue weighted by Gasteiger charge is 2.25. The molecular weight excluding hydrogens is 290 g/mol. The van der Waals surface area contributed by atoms with Crippen molar-refractivity contribution in [2.75, 3.05) is 18.0 Å². The quantitative estimate of drug-likeness (QED) is 0.944. The molecule has 2 heterocycles. The monoisotopic (exact) mass is 303 g/mol. The minimum atomic E-state index is -1.06. The van der Waals surface area contributed by atoms with Crippen molar-refractivity contribution in [3.63, 3.8) is 0 Å². The van der Waals surface area contributed by atoms with E-state index in [1.54, 1.807) is 0 Å². The van der Waals surface area contributed by atoms with Crippen LogP contribution in [0, 0.1) is 0 Å². The maximum atomic E-state index is 10.8. The lowest BCUT2D eigenvalue weighted by atomic mass is 9.99. The molecule has 1 saturated heterocycles. The smallest absolute Gasteiger partial charge is 0.356 e. The molecule has 1 aliphatic rings. The average Bonchev–Trinajstić information content (AvgIpc) is 2.98. The second-order valence-corrected chi connectivity index (χ2v) is 5.48. The predicted molar refractivity (Wildman–Crippen MR) is 80.0 cm³/mol. The van der Waals surface area contributed by atoms with Crippen LogP contribution < -0.4 is 4.90 Å². The molecule has 2 aromatic rings. The third-order valence-electron chi connectivity index (χ3n) is 3.71. The van der Waals surface area contributed by atoms with Gasteiger partial charge in [0.1, 0.15) is 5.82 Å². The number of benzene rings is 1. The Bertz CT molecular complexity index is 643. The molecule has 0 spiro atoms. The number of carboxylic acids is 1. The van der Waals surface area contributed by atoms with Crippen LogP contribution in [0.1, 0.15) is 28.4 Å². The molecule has 1 N–H and O–H groups in total. The third kappa shape index (κ3) is 2.97. The standard InChI is InChI=1S/C15H14ClN3O2/c16-12-3-1-10(2-4-12)11-5-6-19(9-11)14-8-17-13(7-18-14)15(20)21/h1-4,7-8,11H,5-6,9H2,(H,20,21). The number of carbonyl (C=O) groups is 1. The fourth-order valence-electron chi connectivity index (χ4n) is 2.57. The van der Waals surface area contributed by atoms with E-state index in [2.05, 4.69) is 27.0 Å². The molecule has 0 amide bonds. The van der Waals surface area contributed by atoms with Crippen molar-refractivity contribution in [1.29, 1.82) is 0 Å². The maximum absolute atomic E-state index is 10.8.